The normalized spacial score (nSPS) is 31.0. The van der Waals surface area contributed by atoms with Gasteiger partial charge >= 0.3 is 0 Å². The summed E-state index contributed by atoms with van der Waals surface area (Å²) in [5.41, 5.74) is 5.25. The molecule has 1 heterocycles. The minimum absolute atomic E-state index is 0.0844. The van der Waals surface area contributed by atoms with E-state index < -0.39 is 0 Å². The highest BCUT2D eigenvalue weighted by Gasteiger charge is 2.28. The first-order valence-electron chi connectivity index (χ1n) is 4.13. The molecule has 0 aromatic carbocycles. The van der Waals surface area contributed by atoms with Gasteiger partial charge in [0.15, 0.2) is 0 Å². The van der Waals surface area contributed by atoms with Crippen LogP contribution in [0.3, 0.4) is 0 Å². The largest absolute Gasteiger partial charge is 0.341 e. The van der Waals surface area contributed by atoms with E-state index in [4.69, 9.17) is 5.73 Å². The summed E-state index contributed by atoms with van der Waals surface area (Å²) >= 11 is 0. The van der Waals surface area contributed by atoms with Crippen molar-refractivity contribution in [2.75, 3.05) is 19.6 Å². The molecule has 11 heavy (non-hydrogen) atoms. The summed E-state index contributed by atoms with van der Waals surface area (Å²) in [7, 11) is 0. The number of rotatable bonds is 1. The maximum atomic E-state index is 11.1. The summed E-state index contributed by atoms with van der Waals surface area (Å²) in [6.45, 7) is 6.27. The molecule has 1 aliphatic rings. The summed E-state index contributed by atoms with van der Waals surface area (Å²) in [6, 6.07) is 0. The van der Waals surface area contributed by atoms with E-state index in [-0.39, 0.29) is 12.5 Å². The molecule has 1 aliphatic heterocycles. The van der Waals surface area contributed by atoms with Crippen molar-refractivity contribution in [1.82, 2.24) is 4.90 Å². The molecule has 3 nitrogen and oxygen atoms in total. The van der Waals surface area contributed by atoms with Crippen molar-refractivity contribution in [3.8, 4) is 0 Å². The van der Waals surface area contributed by atoms with E-state index in [1.54, 1.807) is 0 Å². The molecule has 0 aliphatic carbocycles. The maximum absolute atomic E-state index is 11.1. The number of carbonyl (C=O) groups is 1. The van der Waals surface area contributed by atoms with Crippen LogP contribution in [0.25, 0.3) is 0 Å². The van der Waals surface area contributed by atoms with Gasteiger partial charge in [0, 0.05) is 13.1 Å². The van der Waals surface area contributed by atoms with Gasteiger partial charge in [-0.25, -0.2) is 0 Å². The van der Waals surface area contributed by atoms with Crippen LogP contribution in [0.1, 0.15) is 13.8 Å². The highest BCUT2D eigenvalue weighted by molar-refractivity contribution is 5.78. The van der Waals surface area contributed by atoms with Crippen molar-refractivity contribution in [2.24, 2.45) is 17.6 Å². The molecule has 1 amide bonds. The van der Waals surface area contributed by atoms with Crippen LogP contribution in [-0.4, -0.2) is 30.4 Å². The minimum atomic E-state index is 0.0844. The van der Waals surface area contributed by atoms with Gasteiger partial charge < -0.3 is 10.6 Å². The van der Waals surface area contributed by atoms with Gasteiger partial charge in [-0.1, -0.05) is 13.8 Å². The van der Waals surface area contributed by atoms with Crippen molar-refractivity contribution in [3.05, 3.63) is 0 Å². The van der Waals surface area contributed by atoms with E-state index in [0.717, 1.165) is 13.1 Å². The van der Waals surface area contributed by atoms with Crippen LogP contribution < -0.4 is 5.73 Å². The Morgan fingerprint density at radius 3 is 2.27 bits per heavy atom. The highest BCUT2D eigenvalue weighted by Crippen LogP contribution is 2.21. The molecule has 2 N–H and O–H groups in total. The van der Waals surface area contributed by atoms with Gasteiger partial charge in [-0.3, -0.25) is 4.79 Å². The lowest BCUT2D eigenvalue weighted by molar-refractivity contribution is -0.128. The van der Waals surface area contributed by atoms with Gasteiger partial charge in [0.05, 0.1) is 6.54 Å². The van der Waals surface area contributed by atoms with E-state index in [1.807, 2.05) is 4.90 Å². The molecule has 0 saturated carbocycles. The first kappa shape index (κ1) is 8.53. The quantitative estimate of drug-likeness (QED) is 0.583. The first-order chi connectivity index (χ1) is 5.15. The van der Waals surface area contributed by atoms with E-state index in [1.165, 1.54) is 0 Å². The molecule has 0 spiro atoms. The zero-order valence-corrected chi connectivity index (χ0v) is 7.21. The van der Waals surface area contributed by atoms with Crippen molar-refractivity contribution in [1.29, 1.82) is 0 Å². The Morgan fingerprint density at radius 1 is 1.45 bits per heavy atom. The number of carbonyl (C=O) groups excluding carboxylic acids is 1. The number of nitrogens with two attached hydrogens (primary N) is 1. The first-order valence-corrected chi connectivity index (χ1v) is 4.13. The Bertz CT molecular complexity index is 148. The Labute approximate surface area is 67.5 Å². The van der Waals surface area contributed by atoms with Crippen LogP contribution in [0.15, 0.2) is 0 Å². The van der Waals surface area contributed by atoms with Crippen molar-refractivity contribution in [3.63, 3.8) is 0 Å². The summed E-state index contributed by atoms with van der Waals surface area (Å²) in [4.78, 5) is 13.0. The van der Waals surface area contributed by atoms with Gasteiger partial charge in [-0.2, -0.15) is 0 Å². The minimum Gasteiger partial charge on any atom is -0.341 e. The third kappa shape index (κ3) is 1.71. The van der Waals surface area contributed by atoms with Crippen LogP contribution in [0.4, 0.5) is 0 Å². The predicted octanol–water partition coefficient (Wildman–Crippen LogP) is 0.0595. The number of hydrogen-bond donors (Lipinski definition) is 1. The molecule has 64 valence electrons. The second-order valence-corrected chi connectivity index (χ2v) is 3.46. The number of likely N-dealkylation sites (tertiary alicyclic amines) is 1. The van der Waals surface area contributed by atoms with Crippen LogP contribution in [0, 0.1) is 11.8 Å². The maximum Gasteiger partial charge on any atom is 0.236 e. The molecule has 0 radical (unpaired) electrons. The van der Waals surface area contributed by atoms with E-state index >= 15 is 0 Å². The predicted molar refractivity (Wildman–Crippen MR) is 44.0 cm³/mol. The summed E-state index contributed by atoms with van der Waals surface area (Å²) in [5.74, 6) is 1.34. The molecule has 3 heteroatoms. The lowest BCUT2D eigenvalue weighted by atomic mass is 10.0. The van der Waals surface area contributed by atoms with Crippen LogP contribution in [0.2, 0.25) is 0 Å². The van der Waals surface area contributed by atoms with Gasteiger partial charge in [0.2, 0.25) is 5.91 Å². The molecule has 0 unspecified atom stereocenters. The number of amides is 1. The van der Waals surface area contributed by atoms with Gasteiger partial charge in [-0.05, 0) is 11.8 Å². The SMILES string of the molecule is C[C@@H]1CN(C(=O)CN)C[C@@H]1C. The van der Waals surface area contributed by atoms with Crippen LogP contribution in [-0.2, 0) is 4.79 Å². The van der Waals surface area contributed by atoms with Crippen molar-refractivity contribution in [2.45, 2.75) is 13.8 Å². The molecule has 0 aromatic rings. The summed E-state index contributed by atoms with van der Waals surface area (Å²) in [6.07, 6.45) is 0. The molecule has 2 atom stereocenters. The zero-order valence-electron chi connectivity index (χ0n) is 7.21. The number of nitrogens with zero attached hydrogens (tertiary/aromatic N) is 1. The van der Waals surface area contributed by atoms with Crippen molar-refractivity contribution >= 4 is 5.91 Å². The van der Waals surface area contributed by atoms with Gasteiger partial charge in [0.1, 0.15) is 0 Å². The fourth-order valence-corrected chi connectivity index (χ4v) is 1.46. The van der Waals surface area contributed by atoms with Crippen molar-refractivity contribution < 1.29 is 4.79 Å². The third-order valence-corrected chi connectivity index (χ3v) is 2.52. The highest BCUT2D eigenvalue weighted by atomic mass is 16.2. The lowest BCUT2D eigenvalue weighted by Gasteiger charge is -2.13. The zero-order chi connectivity index (χ0) is 8.43. The topological polar surface area (TPSA) is 46.3 Å². The summed E-state index contributed by atoms with van der Waals surface area (Å²) in [5, 5.41) is 0. The second kappa shape index (κ2) is 3.22. The Hall–Kier alpha value is -0.570. The lowest BCUT2D eigenvalue weighted by Crippen LogP contribution is -2.34. The summed E-state index contributed by atoms with van der Waals surface area (Å²) < 4.78 is 0. The Kier molecular flexibility index (Phi) is 2.49. The van der Waals surface area contributed by atoms with Gasteiger partial charge in [0.25, 0.3) is 0 Å². The molecular formula is C8H16N2O. The molecular weight excluding hydrogens is 140 g/mol. The van der Waals surface area contributed by atoms with E-state index in [2.05, 4.69) is 13.8 Å². The van der Waals surface area contributed by atoms with E-state index in [9.17, 15) is 4.79 Å². The average Bonchev–Trinajstić information content (AvgIpc) is 2.31. The standard InChI is InChI=1S/C8H16N2O/c1-6-4-10(5-7(6)2)8(11)3-9/h6-7H,3-5,9H2,1-2H3/t6-,7+. The molecule has 1 fully saturated rings. The molecule has 0 aromatic heterocycles. The molecule has 0 bridgehead atoms. The molecule has 1 rings (SSSR count). The monoisotopic (exact) mass is 156 g/mol. The fraction of sp³-hybridized carbons (Fsp3) is 0.875. The Morgan fingerprint density at radius 2 is 1.91 bits per heavy atom. The number of hydrogen-bond acceptors (Lipinski definition) is 2. The van der Waals surface area contributed by atoms with Gasteiger partial charge in [-0.15, -0.1) is 0 Å². The Balaban J connectivity index is 2.46. The van der Waals surface area contributed by atoms with Crippen LogP contribution in [0.5, 0.6) is 0 Å². The smallest absolute Gasteiger partial charge is 0.236 e. The fourth-order valence-electron chi connectivity index (χ4n) is 1.46. The third-order valence-electron chi connectivity index (χ3n) is 2.52. The molecule has 1 saturated heterocycles. The van der Waals surface area contributed by atoms with Crippen LogP contribution >= 0.6 is 0 Å². The van der Waals surface area contributed by atoms with E-state index in [0.29, 0.717) is 11.8 Å². The average molecular weight is 156 g/mol. The second-order valence-electron chi connectivity index (χ2n) is 3.46.